The van der Waals surface area contributed by atoms with Crippen LogP contribution in [0.2, 0.25) is 0 Å². The fraction of sp³-hybridized carbons (Fsp3) is 0.238. The molecule has 1 saturated heterocycles. The summed E-state index contributed by atoms with van der Waals surface area (Å²) in [5.74, 6) is 0.0308. The second-order valence-corrected chi connectivity index (χ2v) is 7.53. The van der Waals surface area contributed by atoms with E-state index in [1.54, 1.807) is 24.3 Å². The molecule has 6 nitrogen and oxygen atoms in total. The van der Waals surface area contributed by atoms with Crippen molar-refractivity contribution in [2.24, 2.45) is 0 Å². The molecule has 0 radical (unpaired) electrons. The molecule has 0 atom stereocenters. The maximum Gasteiger partial charge on any atom is 0.329 e. The Morgan fingerprint density at radius 2 is 1.97 bits per heavy atom. The molecule has 1 fully saturated rings. The zero-order chi connectivity index (χ0) is 21.1. The van der Waals surface area contributed by atoms with Crippen molar-refractivity contribution < 1.29 is 23.5 Å². The van der Waals surface area contributed by atoms with Gasteiger partial charge in [-0.2, -0.15) is 0 Å². The first-order chi connectivity index (χ1) is 13.8. The number of rotatable bonds is 6. The van der Waals surface area contributed by atoms with Gasteiger partial charge in [0.1, 0.15) is 11.5 Å². The van der Waals surface area contributed by atoms with Crippen LogP contribution >= 0.6 is 15.9 Å². The van der Waals surface area contributed by atoms with Gasteiger partial charge in [0.2, 0.25) is 0 Å². The molecule has 2 aromatic rings. The van der Waals surface area contributed by atoms with Crippen molar-refractivity contribution >= 4 is 33.9 Å². The molecule has 1 aliphatic rings. The number of halogens is 2. The van der Waals surface area contributed by atoms with Crippen molar-refractivity contribution in [3.8, 4) is 11.5 Å². The van der Waals surface area contributed by atoms with Crippen molar-refractivity contribution in [1.29, 1.82) is 0 Å². The second-order valence-electron chi connectivity index (χ2n) is 6.67. The number of benzene rings is 2. The summed E-state index contributed by atoms with van der Waals surface area (Å²) in [6, 6.07) is 8.88. The van der Waals surface area contributed by atoms with E-state index >= 15 is 0 Å². The van der Waals surface area contributed by atoms with Gasteiger partial charge >= 0.3 is 6.03 Å². The Bertz CT molecular complexity index is 991. The molecule has 29 heavy (non-hydrogen) atoms. The molecule has 1 N–H and O–H groups in total. The summed E-state index contributed by atoms with van der Waals surface area (Å²) in [4.78, 5) is 25.9. The molecule has 0 unspecified atom stereocenters. The van der Waals surface area contributed by atoms with Crippen molar-refractivity contribution in [3.05, 3.63) is 63.5 Å². The first kappa shape index (κ1) is 20.9. The number of nitrogens with zero attached hydrogens (tertiary/aromatic N) is 1. The van der Waals surface area contributed by atoms with Gasteiger partial charge in [0.05, 0.1) is 24.2 Å². The average Bonchev–Trinajstić information content (AvgIpc) is 2.92. The van der Waals surface area contributed by atoms with Crippen LogP contribution in [0, 0.1) is 5.82 Å². The van der Waals surface area contributed by atoms with Gasteiger partial charge in [0.25, 0.3) is 5.91 Å². The van der Waals surface area contributed by atoms with Crippen LogP contribution in [0.15, 0.2) is 46.6 Å². The van der Waals surface area contributed by atoms with Crippen LogP contribution in [0.4, 0.5) is 9.18 Å². The SMILES string of the molecule is COc1cc(/C=C2\NC(=O)N(Cc3ccccc3F)C2=O)cc(Br)c1OC(C)C. The minimum atomic E-state index is -0.602. The topological polar surface area (TPSA) is 67.9 Å². The highest BCUT2D eigenvalue weighted by Gasteiger charge is 2.34. The van der Waals surface area contributed by atoms with Crippen LogP contribution < -0.4 is 14.8 Å². The molecule has 0 bridgehead atoms. The highest BCUT2D eigenvalue weighted by molar-refractivity contribution is 9.10. The van der Waals surface area contributed by atoms with Gasteiger partial charge in [-0.05, 0) is 59.6 Å². The number of nitrogens with one attached hydrogen (secondary N) is 1. The third-order valence-electron chi connectivity index (χ3n) is 4.16. The van der Waals surface area contributed by atoms with Crippen LogP contribution in [0.25, 0.3) is 6.08 Å². The fourth-order valence-electron chi connectivity index (χ4n) is 2.85. The van der Waals surface area contributed by atoms with Crippen molar-refractivity contribution in [2.45, 2.75) is 26.5 Å². The maximum atomic E-state index is 13.9. The fourth-order valence-corrected chi connectivity index (χ4v) is 3.41. The number of hydrogen-bond donors (Lipinski definition) is 1. The Labute approximate surface area is 176 Å². The van der Waals surface area contributed by atoms with Gasteiger partial charge in [-0.3, -0.25) is 9.69 Å². The average molecular weight is 463 g/mol. The van der Waals surface area contributed by atoms with E-state index < -0.39 is 17.8 Å². The lowest BCUT2D eigenvalue weighted by Gasteiger charge is -2.16. The summed E-state index contributed by atoms with van der Waals surface area (Å²) in [6.45, 7) is 3.65. The minimum Gasteiger partial charge on any atom is -0.493 e. The summed E-state index contributed by atoms with van der Waals surface area (Å²) in [7, 11) is 1.52. The molecule has 1 heterocycles. The molecule has 0 saturated carbocycles. The molecule has 3 amide bonds. The van der Waals surface area contributed by atoms with Crippen molar-refractivity contribution in [1.82, 2.24) is 10.2 Å². The molecule has 1 aliphatic heterocycles. The lowest BCUT2D eigenvalue weighted by Crippen LogP contribution is -2.30. The summed E-state index contributed by atoms with van der Waals surface area (Å²) in [5, 5.41) is 2.53. The molecule has 3 rings (SSSR count). The Morgan fingerprint density at radius 3 is 2.62 bits per heavy atom. The molecular formula is C21H20BrFN2O4. The lowest BCUT2D eigenvalue weighted by molar-refractivity contribution is -0.123. The van der Waals surface area contributed by atoms with Gasteiger partial charge in [-0.1, -0.05) is 18.2 Å². The lowest BCUT2D eigenvalue weighted by atomic mass is 10.1. The number of urea groups is 1. The predicted octanol–water partition coefficient (Wildman–Crippen LogP) is 4.48. The van der Waals surface area contributed by atoms with Crippen molar-refractivity contribution in [2.75, 3.05) is 7.11 Å². The standard InChI is InChI=1S/C21H20BrFN2O4/c1-12(2)29-19-15(22)8-13(10-18(19)28-3)9-17-20(26)25(21(27)24-17)11-14-6-4-5-7-16(14)23/h4-10,12H,11H2,1-3H3,(H,24,27)/b17-9-. The number of ether oxygens (including phenoxy) is 2. The Morgan fingerprint density at radius 1 is 1.24 bits per heavy atom. The van der Waals surface area contributed by atoms with Gasteiger partial charge in [0.15, 0.2) is 11.5 Å². The largest absolute Gasteiger partial charge is 0.493 e. The number of carbonyl (C=O) groups excluding carboxylic acids is 2. The summed E-state index contributed by atoms with van der Waals surface area (Å²) < 4.78 is 25.7. The van der Waals surface area contributed by atoms with E-state index in [1.807, 2.05) is 13.8 Å². The number of amides is 3. The van der Waals surface area contributed by atoms with Crippen LogP contribution in [-0.2, 0) is 11.3 Å². The third kappa shape index (κ3) is 4.59. The van der Waals surface area contributed by atoms with E-state index in [1.165, 1.54) is 25.3 Å². The van der Waals surface area contributed by atoms with E-state index in [-0.39, 0.29) is 23.9 Å². The Balaban J connectivity index is 1.87. The smallest absolute Gasteiger partial charge is 0.329 e. The van der Waals surface area contributed by atoms with Crippen molar-refractivity contribution in [3.63, 3.8) is 0 Å². The van der Waals surface area contributed by atoms with Gasteiger partial charge < -0.3 is 14.8 Å². The number of methoxy groups -OCH3 is 1. The van der Waals surface area contributed by atoms with E-state index in [4.69, 9.17) is 9.47 Å². The van der Waals surface area contributed by atoms with E-state index in [0.717, 1.165) is 4.90 Å². The third-order valence-corrected chi connectivity index (χ3v) is 4.75. The van der Waals surface area contributed by atoms with Crippen LogP contribution in [0.5, 0.6) is 11.5 Å². The molecule has 2 aromatic carbocycles. The molecule has 0 spiro atoms. The summed E-state index contributed by atoms with van der Waals surface area (Å²) in [6.07, 6.45) is 1.49. The first-order valence-electron chi connectivity index (χ1n) is 8.92. The molecular weight excluding hydrogens is 443 g/mol. The monoisotopic (exact) mass is 462 g/mol. The minimum absolute atomic E-state index is 0.0490. The highest BCUT2D eigenvalue weighted by atomic mass is 79.9. The molecule has 152 valence electrons. The Hall–Kier alpha value is -2.87. The van der Waals surface area contributed by atoms with Gasteiger partial charge in [0, 0.05) is 5.56 Å². The molecule has 8 heteroatoms. The van der Waals surface area contributed by atoms with Crippen LogP contribution in [-0.4, -0.2) is 30.1 Å². The zero-order valence-corrected chi connectivity index (χ0v) is 17.7. The quantitative estimate of drug-likeness (QED) is 0.507. The van der Waals surface area contributed by atoms with E-state index in [9.17, 15) is 14.0 Å². The Kier molecular flexibility index (Phi) is 6.22. The van der Waals surface area contributed by atoms with Crippen LogP contribution in [0.3, 0.4) is 0 Å². The summed E-state index contributed by atoms with van der Waals surface area (Å²) in [5.41, 5.74) is 0.982. The zero-order valence-electron chi connectivity index (χ0n) is 16.2. The normalized spacial score (nSPS) is 15.2. The second kappa shape index (κ2) is 8.65. The van der Waals surface area contributed by atoms with Gasteiger partial charge in [-0.25, -0.2) is 9.18 Å². The highest BCUT2D eigenvalue weighted by Crippen LogP contribution is 2.38. The number of imide groups is 1. The number of hydrogen-bond acceptors (Lipinski definition) is 4. The first-order valence-corrected chi connectivity index (χ1v) is 9.71. The van der Waals surface area contributed by atoms with Crippen LogP contribution in [0.1, 0.15) is 25.0 Å². The maximum absolute atomic E-state index is 13.9. The molecule has 0 aromatic heterocycles. The van der Waals surface area contributed by atoms with E-state index in [0.29, 0.717) is 21.5 Å². The van der Waals surface area contributed by atoms with E-state index in [2.05, 4.69) is 21.2 Å². The number of carbonyl (C=O) groups is 2. The molecule has 0 aliphatic carbocycles. The van der Waals surface area contributed by atoms with Gasteiger partial charge in [-0.15, -0.1) is 0 Å². The summed E-state index contributed by atoms with van der Waals surface area (Å²) >= 11 is 3.45. The predicted molar refractivity (Wildman–Crippen MR) is 110 cm³/mol.